The van der Waals surface area contributed by atoms with Crippen LogP contribution in [0.15, 0.2) is 42.5 Å². The molecule has 32 heavy (non-hydrogen) atoms. The van der Waals surface area contributed by atoms with Crippen LogP contribution in [0.25, 0.3) is 0 Å². The number of benzene rings is 2. The maximum Gasteiger partial charge on any atom is 0.303 e. The van der Waals surface area contributed by atoms with Crippen molar-refractivity contribution in [1.82, 2.24) is 0 Å². The molecule has 1 aliphatic rings. The molecule has 0 spiro atoms. The summed E-state index contributed by atoms with van der Waals surface area (Å²) in [5.74, 6) is 0.556. The summed E-state index contributed by atoms with van der Waals surface area (Å²) in [5.41, 5.74) is 1.59. The largest absolute Gasteiger partial charge is 0.493 e. The minimum atomic E-state index is -0.810. The molecule has 3 rings (SSSR count). The number of hydrogen-bond donors (Lipinski definition) is 1. The Labute approximate surface area is 189 Å². The molecule has 0 amide bonds. The topological polar surface area (TPSA) is 65.0 Å². The van der Waals surface area contributed by atoms with Crippen LogP contribution in [0, 0.1) is 29.0 Å². The van der Waals surface area contributed by atoms with Crippen molar-refractivity contribution in [2.75, 3.05) is 20.8 Å². The molecule has 0 radical (unpaired) electrons. The third-order valence-electron chi connectivity index (χ3n) is 6.95. The number of carbonyl (C=O) groups is 1. The summed E-state index contributed by atoms with van der Waals surface area (Å²) in [6.07, 6.45) is 0.615. The summed E-state index contributed by atoms with van der Waals surface area (Å²) in [4.78, 5) is 11.5. The maximum absolute atomic E-state index is 13.5. The van der Waals surface area contributed by atoms with Gasteiger partial charge >= 0.3 is 5.97 Å². The van der Waals surface area contributed by atoms with Gasteiger partial charge in [0.25, 0.3) is 0 Å². The molecular weight excluding hydrogens is 411 g/mol. The molecule has 2 aromatic rings. The van der Waals surface area contributed by atoms with Gasteiger partial charge in [-0.15, -0.1) is 0 Å². The summed E-state index contributed by atoms with van der Waals surface area (Å²) in [6, 6.07) is 12.3. The highest BCUT2D eigenvalue weighted by molar-refractivity contribution is 5.67. The van der Waals surface area contributed by atoms with E-state index in [1.165, 1.54) is 12.1 Å². The fraction of sp³-hybridized carbons (Fsp3) is 0.500. The third kappa shape index (κ3) is 5.23. The summed E-state index contributed by atoms with van der Waals surface area (Å²) < 4.78 is 30.6. The molecule has 1 saturated heterocycles. The first-order chi connectivity index (χ1) is 15.2. The van der Waals surface area contributed by atoms with Crippen LogP contribution in [-0.2, 0) is 16.0 Å². The first-order valence-electron chi connectivity index (χ1n) is 11.0. The van der Waals surface area contributed by atoms with Gasteiger partial charge in [0.2, 0.25) is 0 Å². The molecule has 2 aromatic carbocycles. The minimum absolute atomic E-state index is 0.0568. The van der Waals surface area contributed by atoms with E-state index in [0.29, 0.717) is 18.1 Å². The normalized spacial score (nSPS) is 21.9. The number of methoxy groups -OCH3 is 2. The molecule has 1 fully saturated rings. The van der Waals surface area contributed by atoms with Gasteiger partial charge in [-0.2, -0.15) is 0 Å². The zero-order chi connectivity index (χ0) is 23.5. The monoisotopic (exact) mass is 444 g/mol. The summed E-state index contributed by atoms with van der Waals surface area (Å²) in [5, 5.41) is 9.46. The van der Waals surface area contributed by atoms with Crippen LogP contribution in [0.3, 0.4) is 0 Å². The SMILES string of the molecule is COc1ccc(C[C@H]2CO[C@H](c3ccc(F)cc3)[C@@H]2C(C)C(C)(C)CC(=O)O)cc1OC. The lowest BCUT2D eigenvalue weighted by atomic mass is 9.65. The second-order valence-corrected chi connectivity index (χ2v) is 9.38. The predicted molar refractivity (Wildman–Crippen MR) is 121 cm³/mol. The van der Waals surface area contributed by atoms with Crippen molar-refractivity contribution in [1.29, 1.82) is 0 Å². The first kappa shape index (κ1) is 24.1. The van der Waals surface area contributed by atoms with E-state index in [-0.39, 0.29) is 36.1 Å². The molecule has 1 N–H and O–H groups in total. The smallest absolute Gasteiger partial charge is 0.303 e. The second-order valence-electron chi connectivity index (χ2n) is 9.38. The summed E-state index contributed by atoms with van der Waals surface area (Å²) >= 11 is 0. The lowest BCUT2D eigenvalue weighted by Crippen LogP contribution is -2.35. The standard InChI is InChI=1S/C26H33FO5/c1-16(26(2,3)14-23(28)29)24-19(12-17-6-11-21(30-4)22(13-17)31-5)15-32-25(24)18-7-9-20(27)10-8-18/h6-11,13,16,19,24-25H,12,14-15H2,1-5H3,(H,28,29)/t16?,19-,24+,25+/m0/s1. The molecule has 5 nitrogen and oxygen atoms in total. The molecule has 0 aromatic heterocycles. The maximum atomic E-state index is 13.5. The van der Waals surface area contributed by atoms with Gasteiger partial charge < -0.3 is 19.3 Å². The van der Waals surface area contributed by atoms with Crippen LogP contribution in [0.2, 0.25) is 0 Å². The summed E-state index contributed by atoms with van der Waals surface area (Å²) in [6.45, 7) is 6.66. The number of halogens is 1. The Kier molecular flexibility index (Phi) is 7.44. The van der Waals surface area contributed by atoms with Crippen molar-refractivity contribution in [3.8, 4) is 11.5 Å². The second kappa shape index (κ2) is 9.90. The van der Waals surface area contributed by atoms with Gasteiger partial charge in [0, 0.05) is 0 Å². The van der Waals surface area contributed by atoms with Crippen LogP contribution < -0.4 is 9.47 Å². The van der Waals surface area contributed by atoms with Crippen molar-refractivity contribution in [2.45, 2.75) is 39.7 Å². The van der Waals surface area contributed by atoms with Crippen LogP contribution in [-0.4, -0.2) is 31.9 Å². The Balaban J connectivity index is 1.93. The molecular formula is C26H33FO5. The van der Waals surface area contributed by atoms with E-state index < -0.39 is 11.4 Å². The quantitative estimate of drug-likeness (QED) is 0.551. The number of rotatable bonds is 9. The van der Waals surface area contributed by atoms with Crippen LogP contribution in [0.1, 0.15) is 44.4 Å². The molecule has 0 saturated carbocycles. The number of hydrogen-bond acceptors (Lipinski definition) is 4. The highest BCUT2D eigenvalue weighted by atomic mass is 19.1. The lowest BCUT2D eigenvalue weighted by molar-refractivity contribution is -0.140. The van der Waals surface area contributed by atoms with Crippen molar-refractivity contribution in [3.63, 3.8) is 0 Å². The van der Waals surface area contributed by atoms with Crippen LogP contribution in [0.5, 0.6) is 11.5 Å². The number of ether oxygens (including phenoxy) is 3. The van der Waals surface area contributed by atoms with E-state index >= 15 is 0 Å². The van der Waals surface area contributed by atoms with Gasteiger partial charge in [-0.1, -0.05) is 39.0 Å². The Bertz CT molecular complexity index is 924. The Hall–Kier alpha value is -2.60. The number of aliphatic carboxylic acids is 1. The fourth-order valence-corrected chi connectivity index (χ4v) is 4.92. The van der Waals surface area contributed by atoms with Crippen LogP contribution in [0.4, 0.5) is 4.39 Å². The van der Waals surface area contributed by atoms with Crippen molar-refractivity contribution in [3.05, 3.63) is 59.4 Å². The van der Waals surface area contributed by atoms with E-state index in [1.54, 1.807) is 26.4 Å². The molecule has 1 aliphatic heterocycles. The average Bonchev–Trinajstić information content (AvgIpc) is 3.15. The summed E-state index contributed by atoms with van der Waals surface area (Å²) in [7, 11) is 3.22. The van der Waals surface area contributed by atoms with Gasteiger partial charge in [-0.3, -0.25) is 4.79 Å². The Morgan fingerprint density at radius 2 is 1.81 bits per heavy atom. The third-order valence-corrected chi connectivity index (χ3v) is 6.95. The Morgan fingerprint density at radius 1 is 1.16 bits per heavy atom. The number of carboxylic acid groups (broad SMARTS) is 1. The van der Waals surface area contributed by atoms with E-state index in [9.17, 15) is 14.3 Å². The lowest BCUT2D eigenvalue weighted by Gasteiger charge is -2.39. The van der Waals surface area contributed by atoms with Gasteiger partial charge in [-0.25, -0.2) is 4.39 Å². The highest BCUT2D eigenvalue weighted by Crippen LogP contribution is 2.50. The van der Waals surface area contributed by atoms with E-state index in [4.69, 9.17) is 14.2 Å². The van der Waals surface area contributed by atoms with E-state index in [2.05, 4.69) is 6.92 Å². The van der Waals surface area contributed by atoms with Crippen molar-refractivity contribution < 1.29 is 28.5 Å². The molecule has 1 unspecified atom stereocenters. The molecule has 0 bridgehead atoms. The molecule has 4 atom stereocenters. The predicted octanol–water partition coefficient (Wildman–Crippen LogP) is 5.53. The van der Waals surface area contributed by atoms with Gasteiger partial charge in [0.15, 0.2) is 11.5 Å². The van der Waals surface area contributed by atoms with Crippen molar-refractivity contribution in [2.24, 2.45) is 23.2 Å². The minimum Gasteiger partial charge on any atom is -0.493 e. The first-order valence-corrected chi connectivity index (χ1v) is 11.0. The highest BCUT2D eigenvalue weighted by Gasteiger charge is 2.46. The van der Waals surface area contributed by atoms with Gasteiger partial charge in [-0.05, 0) is 65.0 Å². The Morgan fingerprint density at radius 3 is 2.41 bits per heavy atom. The van der Waals surface area contributed by atoms with Gasteiger partial charge in [0.05, 0.1) is 33.4 Å². The molecule has 1 heterocycles. The molecule has 174 valence electrons. The fourth-order valence-electron chi connectivity index (χ4n) is 4.92. The van der Waals surface area contributed by atoms with E-state index in [1.807, 2.05) is 32.0 Å². The molecule has 6 heteroatoms. The number of carboxylic acids is 1. The zero-order valence-electron chi connectivity index (χ0n) is 19.4. The van der Waals surface area contributed by atoms with Gasteiger partial charge in [0.1, 0.15) is 5.82 Å². The molecule has 0 aliphatic carbocycles. The zero-order valence-corrected chi connectivity index (χ0v) is 19.4. The van der Waals surface area contributed by atoms with E-state index in [0.717, 1.165) is 17.5 Å². The average molecular weight is 445 g/mol. The van der Waals surface area contributed by atoms with Crippen molar-refractivity contribution >= 4 is 5.97 Å². The van der Waals surface area contributed by atoms with Crippen LogP contribution >= 0.6 is 0 Å².